The van der Waals surface area contributed by atoms with Crippen LogP contribution in [0.4, 0.5) is 0 Å². The summed E-state index contributed by atoms with van der Waals surface area (Å²) in [5.74, 6) is -0.646. The molecule has 1 aromatic rings. The van der Waals surface area contributed by atoms with E-state index >= 15 is 0 Å². The first-order chi connectivity index (χ1) is 7.78. The van der Waals surface area contributed by atoms with E-state index in [0.29, 0.717) is 5.56 Å². The zero-order valence-electron chi connectivity index (χ0n) is 8.78. The van der Waals surface area contributed by atoms with Crippen LogP contribution in [0, 0.1) is 0 Å². The molecule has 0 saturated carbocycles. The Hall–Kier alpha value is -1.40. The molecule has 0 bridgehead atoms. The van der Waals surface area contributed by atoms with Gasteiger partial charge in [-0.25, -0.2) is 0 Å². The Morgan fingerprint density at radius 3 is 2.41 bits per heavy atom. The van der Waals surface area contributed by atoms with Crippen LogP contribution < -0.4 is 20.9 Å². The fourth-order valence-corrected chi connectivity index (χ4v) is 1.56. The highest BCUT2D eigenvalue weighted by molar-refractivity contribution is 7.45. The molecule has 0 aliphatic carbocycles. The minimum atomic E-state index is -4.79. The van der Waals surface area contributed by atoms with E-state index in [1.807, 2.05) is 0 Å². The van der Waals surface area contributed by atoms with Gasteiger partial charge in [0.2, 0.25) is 5.91 Å². The van der Waals surface area contributed by atoms with Gasteiger partial charge in [-0.3, -0.25) is 9.36 Å². The zero-order valence-corrected chi connectivity index (χ0v) is 9.67. The number of primary amides is 1. The number of amides is 1. The first-order valence-corrected chi connectivity index (χ1v) is 6.15. The van der Waals surface area contributed by atoms with Gasteiger partial charge in [0.1, 0.15) is 5.75 Å². The lowest BCUT2D eigenvalue weighted by molar-refractivity contribution is -0.211. The van der Waals surface area contributed by atoms with Crippen LogP contribution in [0.1, 0.15) is 5.56 Å². The largest absolute Gasteiger partial charge is 0.746 e. The van der Waals surface area contributed by atoms with E-state index in [0.717, 1.165) is 0 Å². The van der Waals surface area contributed by atoms with Crippen LogP contribution in [0.2, 0.25) is 0 Å². The molecule has 0 aliphatic heterocycles. The summed E-state index contributed by atoms with van der Waals surface area (Å²) in [5, 5.41) is 0. The number of nitrogens with two attached hydrogens (primary N) is 2. The average Bonchev–Trinajstić information content (AvgIpc) is 2.18. The number of phosphoric acid groups is 1. The monoisotopic (exact) mass is 259 g/mol. The molecule has 0 aliphatic rings. The van der Waals surface area contributed by atoms with E-state index in [-0.39, 0.29) is 12.2 Å². The van der Waals surface area contributed by atoms with Crippen LogP contribution >= 0.6 is 7.82 Å². The predicted octanol–water partition coefficient (Wildman–Crippen LogP) is -1.12. The van der Waals surface area contributed by atoms with Crippen molar-refractivity contribution in [1.29, 1.82) is 0 Å². The molecule has 1 aromatic carbocycles. The predicted molar refractivity (Wildman–Crippen MR) is 57.8 cm³/mol. The topological polar surface area (TPSA) is 139 Å². The van der Waals surface area contributed by atoms with E-state index < -0.39 is 19.8 Å². The average molecular weight is 259 g/mol. The van der Waals surface area contributed by atoms with Crippen molar-refractivity contribution in [2.45, 2.75) is 12.5 Å². The number of carbonyl (C=O) groups is 1. The van der Waals surface area contributed by atoms with Gasteiger partial charge in [-0.15, -0.1) is 0 Å². The van der Waals surface area contributed by atoms with Gasteiger partial charge in [-0.05, 0) is 24.1 Å². The highest BCUT2D eigenvalue weighted by atomic mass is 31.2. The van der Waals surface area contributed by atoms with Gasteiger partial charge < -0.3 is 25.8 Å². The number of phosphoric ester groups is 1. The Morgan fingerprint density at radius 2 is 2.00 bits per heavy atom. The molecule has 94 valence electrons. The Kier molecular flexibility index (Phi) is 4.25. The van der Waals surface area contributed by atoms with Crippen molar-refractivity contribution in [3.63, 3.8) is 0 Å². The molecule has 7 nitrogen and oxygen atoms in total. The van der Waals surface area contributed by atoms with Gasteiger partial charge in [0.25, 0.3) is 0 Å². The first kappa shape index (κ1) is 13.7. The summed E-state index contributed by atoms with van der Waals surface area (Å²) in [6, 6.07) is 4.92. The SMILES string of the molecule is NC(=O)C(N)Cc1ccc(OP(=O)([O-])O)cc1. The van der Waals surface area contributed by atoms with Gasteiger partial charge in [-0.2, -0.15) is 0 Å². The summed E-state index contributed by atoms with van der Waals surface area (Å²) >= 11 is 0. The van der Waals surface area contributed by atoms with Gasteiger partial charge in [-0.1, -0.05) is 12.1 Å². The van der Waals surface area contributed by atoms with Crippen LogP contribution in [0.3, 0.4) is 0 Å². The molecule has 0 aromatic heterocycles. The van der Waals surface area contributed by atoms with Gasteiger partial charge in [0, 0.05) is 0 Å². The van der Waals surface area contributed by atoms with Crippen molar-refractivity contribution in [2.75, 3.05) is 0 Å². The van der Waals surface area contributed by atoms with Crippen molar-refractivity contribution >= 4 is 13.7 Å². The van der Waals surface area contributed by atoms with Crippen molar-refractivity contribution in [2.24, 2.45) is 11.5 Å². The van der Waals surface area contributed by atoms with Gasteiger partial charge in [0.05, 0.1) is 6.04 Å². The van der Waals surface area contributed by atoms with E-state index in [1.165, 1.54) is 24.3 Å². The maximum Gasteiger partial charge on any atom is 0.317 e. The number of hydrogen-bond donors (Lipinski definition) is 3. The number of hydrogen-bond acceptors (Lipinski definition) is 5. The van der Waals surface area contributed by atoms with E-state index in [4.69, 9.17) is 16.4 Å². The third kappa shape index (κ3) is 4.97. The van der Waals surface area contributed by atoms with Crippen molar-refractivity contribution in [1.82, 2.24) is 0 Å². The van der Waals surface area contributed by atoms with Gasteiger partial charge in [0.15, 0.2) is 0 Å². The molecule has 0 saturated heterocycles. The molecule has 0 radical (unpaired) electrons. The Morgan fingerprint density at radius 1 is 1.47 bits per heavy atom. The summed E-state index contributed by atoms with van der Waals surface area (Å²) in [5.41, 5.74) is 11.1. The summed E-state index contributed by atoms with van der Waals surface area (Å²) in [7, 11) is -4.79. The molecule has 2 unspecified atom stereocenters. The summed E-state index contributed by atoms with van der Waals surface area (Å²) in [6.45, 7) is 0. The lowest BCUT2D eigenvalue weighted by atomic mass is 10.1. The van der Waals surface area contributed by atoms with Crippen LogP contribution in [0.15, 0.2) is 24.3 Å². The second-order valence-corrected chi connectivity index (χ2v) is 4.54. The first-order valence-electron chi connectivity index (χ1n) is 4.65. The molecule has 0 heterocycles. The standard InChI is InChI=1S/C9H13N2O5P/c10-8(9(11)12)5-6-1-3-7(4-2-6)16-17(13,14)15/h1-4,8H,5,10H2,(H2,11,12)(H2,13,14,15)/p-1. The fourth-order valence-electron chi connectivity index (χ4n) is 1.17. The zero-order chi connectivity index (χ0) is 13.1. The minimum Gasteiger partial charge on any atom is -0.746 e. The van der Waals surface area contributed by atoms with E-state index in [1.54, 1.807) is 0 Å². The van der Waals surface area contributed by atoms with Crippen molar-refractivity contribution in [3.05, 3.63) is 29.8 Å². The third-order valence-electron chi connectivity index (χ3n) is 1.97. The van der Waals surface area contributed by atoms with E-state index in [2.05, 4.69) is 4.52 Å². The smallest absolute Gasteiger partial charge is 0.317 e. The maximum atomic E-state index is 10.7. The molecule has 1 rings (SSSR count). The molecule has 5 N–H and O–H groups in total. The van der Waals surface area contributed by atoms with Crippen molar-refractivity contribution < 1.29 is 23.7 Å². The van der Waals surface area contributed by atoms with Crippen LogP contribution in [0.25, 0.3) is 0 Å². The maximum absolute atomic E-state index is 10.7. The highest BCUT2D eigenvalue weighted by Gasteiger charge is 2.10. The molecular formula is C9H12N2O5P-. The highest BCUT2D eigenvalue weighted by Crippen LogP contribution is 2.32. The number of carbonyl (C=O) groups excluding carboxylic acids is 1. The fraction of sp³-hybridized carbons (Fsp3) is 0.222. The summed E-state index contributed by atoms with van der Waals surface area (Å²) in [4.78, 5) is 29.6. The quantitative estimate of drug-likeness (QED) is 0.572. The Balaban J connectivity index is 2.68. The lowest BCUT2D eigenvalue weighted by Gasteiger charge is -2.16. The summed E-state index contributed by atoms with van der Waals surface area (Å²) in [6.07, 6.45) is 0.240. The Labute approximate surface area is 97.6 Å². The van der Waals surface area contributed by atoms with Gasteiger partial charge >= 0.3 is 7.82 Å². The molecular weight excluding hydrogens is 247 g/mol. The third-order valence-corrected chi connectivity index (χ3v) is 2.41. The molecule has 2 atom stereocenters. The minimum absolute atomic E-state index is 0.0257. The number of benzene rings is 1. The molecule has 0 fully saturated rings. The van der Waals surface area contributed by atoms with Crippen molar-refractivity contribution in [3.8, 4) is 5.75 Å². The normalized spacial score (nSPS) is 15.9. The van der Waals surface area contributed by atoms with Crippen LogP contribution in [0.5, 0.6) is 5.75 Å². The van der Waals surface area contributed by atoms with Crippen LogP contribution in [-0.4, -0.2) is 16.8 Å². The van der Waals surface area contributed by atoms with Crippen LogP contribution in [-0.2, 0) is 15.8 Å². The molecule has 1 amide bonds. The Bertz CT molecular complexity index is 441. The molecule has 17 heavy (non-hydrogen) atoms. The van der Waals surface area contributed by atoms with E-state index in [9.17, 15) is 14.3 Å². The second kappa shape index (κ2) is 5.29. The molecule has 0 spiro atoms. The lowest BCUT2D eigenvalue weighted by Crippen LogP contribution is -2.38. The number of rotatable bonds is 5. The molecule has 8 heteroatoms. The second-order valence-electron chi connectivity index (χ2n) is 3.42. The summed E-state index contributed by atoms with van der Waals surface area (Å²) < 4.78 is 14.7.